The zero-order valence-corrected chi connectivity index (χ0v) is 30.6. The summed E-state index contributed by atoms with van der Waals surface area (Å²) in [5.74, 6) is 0. The number of rotatable bonds is 4. The van der Waals surface area contributed by atoms with Crippen LogP contribution in [0.5, 0.6) is 0 Å². The largest absolute Gasteiger partial charge is 0.360 e. The summed E-state index contributed by atoms with van der Waals surface area (Å²) in [5.41, 5.74) is 15.2. The smallest absolute Gasteiger partial charge is 0.125 e. The van der Waals surface area contributed by atoms with Crippen LogP contribution in [0.4, 0.5) is 11.4 Å². The molecule has 1 aromatic heterocycles. The van der Waals surface area contributed by atoms with Gasteiger partial charge >= 0.3 is 0 Å². The topological polar surface area (TPSA) is 20.2 Å². The number of nitrogens with one attached hydrogen (secondary N) is 1. The number of benzene rings is 6. The monoisotopic (exact) mass is 665 g/mol. The molecule has 51 heavy (non-hydrogen) atoms. The van der Waals surface area contributed by atoms with Gasteiger partial charge in [-0.3, -0.25) is 0 Å². The average molecular weight is 666 g/mol. The van der Waals surface area contributed by atoms with E-state index in [2.05, 4.69) is 176 Å². The summed E-state index contributed by atoms with van der Waals surface area (Å²) in [5, 5.41) is 6.30. The molecule has 2 aliphatic rings. The summed E-state index contributed by atoms with van der Waals surface area (Å²) in [6.45, 7) is 14.1. The first-order chi connectivity index (χ1) is 24.9. The number of para-hydroxylation sites is 1. The van der Waals surface area contributed by atoms with E-state index in [1.54, 1.807) is 6.08 Å². The highest BCUT2D eigenvalue weighted by Gasteiger charge is 2.36. The molecule has 0 radical (unpaired) electrons. The van der Waals surface area contributed by atoms with Crippen molar-refractivity contribution in [1.29, 1.82) is 0 Å². The van der Waals surface area contributed by atoms with Gasteiger partial charge in [0, 0.05) is 28.9 Å². The third-order valence-corrected chi connectivity index (χ3v) is 10.3. The van der Waals surface area contributed by atoms with Gasteiger partial charge in [-0.2, -0.15) is 0 Å². The highest BCUT2D eigenvalue weighted by atomic mass is 15.3. The SMILES string of the molecule is C=C/C=C\C.CC.CN1c2cc(-c3cccc(-n4c5ccccc5c5cc6c(cc54)C(C)(C)c4ccccc4-6)c3)ccc2NC1c1ccccc1. The lowest BCUT2D eigenvalue weighted by Crippen LogP contribution is -2.23. The Hall–Kier alpha value is -5.80. The number of nitrogens with zero attached hydrogens (tertiary/aromatic N) is 2. The molecular weight excluding hydrogens is 619 g/mol. The zero-order chi connectivity index (χ0) is 35.7. The molecule has 254 valence electrons. The van der Waals surface area contributed by atoms with Gasteiger partial charge in [-0.1, -0.05) is 143 Å². The first kappa shape index (κ1) is 33.7. The molecule has 9 rings (SSSR count). The molecule has 3 nitrogen and oxygen atoms in total. The average Bonchev–Trinajstić information content (AvgIpc) is 3.77. The second-order valence-electron chi connectivity index (χ2n) is 13.6. The van der Waals surface area contributed by atoms with E-state index in [0.29, 0.717) is 0 Å². The van der Waals surface area contributed by atoms with E-state index in [0.717, 1.165) is 0 Å². The maximum Gasteiger partial charge on any atom is 0.125 e. The lowest BCUT2D eigenvalue weighted by atomic mass is 9.82. The normalized spacial score (nSPS) is 14.9. The number of aromatic nitrogens is 1. The van der Waals surface area contributed by atoms with Crippen LogP contribution >= 0.6 is 0 Å². The van der Waals surface area contributed by atoms with E-state index >= 15 is 0 Å². The molecule has 7 aromatic rings. The molecule has 6 aromatic carbocycles. The van der Waals surface area contributed by atoms with Crippen molar-refractivity contribution in [3.8, 4) is 27.9 Å². The molecule has 2 heterocycles. The molecule has 0 spiro atoms. The third-order valence-electron chi connectivity index (χ3n) is 10.3. The van der Waals surface area contributed by atoms with Crippen molar-refractivity contribution in [1.82, 2.24) is 4.57 Å². The number of hydrogen-bond acceptors (Lipinski definition) is 2. The van der Waals surface area contributed by atoms with Crippen LogP contribution in [0.15, 0.2) is 158 Å². The maximum absolute atomic E-state index is 3.71. The lowest BCUT2D eigenvalue weighted by molar-refractivity contribution is 0.661. The summed E-state index contributed by atoms with van der Waals surface area (Å²) in [4.78, 5) is 2.34. The molecule has 0 bridgehead atoms. The molecular formula is C48H47N3. The van der Waals surface area contributed by atoms with E-state index in [9.17, 15) is 0 Å². The Kier molecular flexibility index (Phi) is 9.14. The number of allylic oxidation sites excluding steroid dienone is 3. The van der Waals surface area contributed by atoms with Crippen molar-refractivity contribution in [2.75, 3.05) is 17.3 Å². The van der Waals surface area contributed by atoms with Crippen molar-refractivity contribution in [2.24, 2.45) is 0 Å². The molecule has 1 atom stereocenters. The fourth-order valence-electron chi connectivity index (χ4n) is 7.85. The standard InChI is InChI=1S/C41H33N3.C5H8.C2H6/c1-41(2)34-18-9-7-16-30(34)32-24-33-31-17-8-10-19-37(31)44(38(33)25-35(32)41)29-15-11-14-27(22-29)28-20-21-36-39(23-28)43(3)40(42-36)26-12-5-4-6-13-26;1-3-5-4-2;1-2/h4-25,40,42H,1-3H3;3-5H,1H2,2H3;1-2H3/b;5-4-;. The van der Waals surface area contributed by atoms with Crippen LogP contribution in [0.25, 0.3) is 49.7 Å². The minimum absolute atomic E-state index is 0.0503. The summed E-state index contributed by atoms with van der Waals surface area (Å²) in [6, 6.07) is 49.1. The molecule has 1 aliphatic carbocycles. The van der Waals surface area contributed by atoms with Crippen molar-refractivity contribution in [2.45, 2.75) is 46.2 Å². The van der Waals surface area contributed by atoms with E-state index in [1.807, 2.05) is 32.9 Å². The predicted octanol–water partition coefficient (Wildman–Crippen LogP) is 13.1. The van der Waals surface area contributed by atoms with E-state index in [1.165, 1.54) is 77.8 Å². The van der Waals surface area contributed by atoms with Gasteiger partial charge in [0.25, 0.3) is 0 Å². The molecule has 1 N–H and O–H groups in total. The number of anilines is 2. The van der Waals surface area contributed by atoms with E-state index in [-0.39, 0.29) is 11.6 Å². The molecule has 1 aliphatic heterocycles. The Morgan fingerprint density at radius 2 is 1.39 bits per heavy atom. The van der Waals surface area contributed by atoms with Crippen LogP contribution in [0.1, 0.15) is 57.5 Å². The second-order valence-corrected chi connectivity index (χ2v) is 13.6. The number of fused-ring (bicyclic) bond motifs is 7. The van der Waals surface area contributed by atoms with Crippen LogP contribution in [0.2, 0.25) is 0 Å². The zero-order valence-electron chi connectivity index (χ0n) is 30.6. The van der Waals surface area contributed by atoms with Crippen LogP contribution in [-0.2, 0) is 5.41 Å². The molecule has 1 unspecified atom stereocenters. The second kappa shape index (κ2) is 13.8. The summed E-state index contributed by atoms with van der Waals surface area (Å²) >= 11 is 0. The molecule has 0 saturated carbocycles. The van der Waals surface area contributed by atoms with Gasteiger partial charge in [-0.25, -0.2) is 0 Å². The fraction of sp³-hybridized carbons (Fsp3) is 0.167. The number of hydrogen-bond donors (Lipinski definition) is 1. The van der Waals surface area contributed by atoms with Crippen LogP contribution < -0.4 is 10.2 Å². The summed E-state index contributed by atoms with van der Waals surface area (Å²) < 4.78 is 2.46. The van der Waals surface area contributed by atoms with Gasteiger partial charge in [0.1, 0.15) is 6.17 Å². The van der Waals surface area contributed by atoms with Crippen molar-refractivity contribution < 1.29 is 0 Å². The van der Waals surface area contributed by atoms with Gasteiger partial charge in [-0.05, 0) is 88.3 Å². The van der Waals surface area contributed by atoms with E-state index in [4.69, 9.17) is 0 Å². The summed E-state index contributed by atoms with van der Waals surface area (Å²) in [6.07, 6.45) is 5.70. The third kappa shape index (κ3) is 5.73. The van der Waals surface area contributed by atoms with Gasteiger partial charge in [0.15, 0.2) is 0 Å². The minimum Gasteiger partial charge on any atom is -0.360 e. The maximum atomic E-state index is 3.71. The fourth-order valence-corrected chi connectivity index (χ4v) is 7.85. The van der Waals surface area contributed by atoms with Gasteiger partial charge in [0.05, 0.1) is 22.4 Å². The Labute approximate surface area is 303 Å². The van der Waals surface area contributed by atoms with Crippen LogP contribution in [0, 0.1) is 0 Å². The van der Waals surface area contributed by atoms with Crippen LogP contribution in [-0.4, -0.2) is 11.6 Å². The Balaban J connectivity index is 0.000000537. The Morgan fingerprint density at radius 3 is 2.16 bits per heavy atom. The molecule has 0 fully saturated rings. The Bertz CT molecular complexity index is 2390. The van der Waals surface area contributed by atoms with Crippen molar-refractivity contribution >= 4 is 33.2 Å². The van der Waals surface area contributed by atoms with E-state index < -0.39 is 0 Å². The summed E-state index contributed by atoms with van der Waals surface area (Å²) in [7, 11) is 2.17. The molecule has 3 heteroatoms. The van der Waals surface area contributed by atoms with Crippen molar-refractivity contribution in [3.05, 3.63) is 175 Å². The highest BCUT2D eigenvalue weighted by Crippen LogP contribution is 2.51. The van der Waals surface area contributed by atoms with Crippen molar-refractivity contribution in [3.63, 3.8) is 0 Å². The van der Waals surface area contributed by atoms with Gasteiger partial charge in [-0.15, -0.1) is 0 Å². The van der Waals surface area contributed by atoms with Gasteiger partial charge in [0.2, 0.25) is 0 Å². The highest BCUT2D eigenvalue weighted by molar-refractivity contribution is 6.11. The van der Waals surface area contributed by atoms with Crippen LogP contribution in [0.3, 0.4) is 0 Å². The Morgan fingerprint density at radius 1 is 0.667 bits per heavy atom. The lowest BCUT2D eigenvalue weighted by Gasteiger charge is -2.22. The first-order valence-corrected chi connectivity index (χ1v) is 18.1. The van der Waals surface area contributed by atoms with Gasteiger partial charge < -0.3 is 14.8 Å². The quantitative estimate of drug-likeness (QED) is 0.189. The molecule has 0 amide bonds. The molecule has 0 saturated heterocycles. The first-order valence-electron chi connectivity index (χ1n) is 18.1. The minimum atomic E-state index is -0.0503. The predicted molar refractivity (Wildman–Crippen MR) is 221 cm³/mol.